The Morgan fingerprint density at radius 1 is 1.38 bits per heavy atom. The molecule has 1 fully saturated rings. The van der Waals surface area contributed by atoms with E-state index in [2.05, 4.69) is 15.4 Å². The van der Waals surface area contributed by atoms with Gasteiger partial charge in [-0.3, -0.25) is 9.48 Å². The quantitative estimate of drug-likeness (QED) is 0.707. The number of benzene rings is 1. The Balaban J connectivity index is 1.41. The predicted molar refractivity (Wildman–Crippen MR) is 97.2 cm³/mol. The Hall–Kier alpha value is -2.67. The Labute approximate surface area is 151 Å². The smallest absolute Gasteiger partial charge is 0.222 e. The SMILES string of the molecule is Cn1cc([C@@H](NC(=O)CCn2cnc3ccccc32)C2CC(O)C2)cn1. The molecule has 1 saturated carbocycles. The molecule has 0 spiro atoms. The second-order valence-corrected chi connectivity index (χ2v) is 7.05. The van der Waals surface area contributed by atoms with E-state index >= 15 is 0 Å². The molecule has 2 aromatic heterocycles. The molecule has 0 radical (unpaired) electrons. The third-order valence-corrected chi connectivity index (χ3v) is 5.13. The van der Waals surface area contributed by atoms with Crippen molar-refractivity contribution < 1.29 is 9.90 Å². The minimum absolute atomic E-state index is 0.00183. The van der Waals surface area contributed by atoms with Crippen LogP contribution in [0.1, 0.15) is 30.9 Å². The number of nitrogens with one attached hydrogen (secondary N) is 1. The fraction of sp³-hybridized carbons (Fsp3) is 0.421. The van der Waals surface area contributed by atoms with Crippen LogP contribution in [0.15, 0.2) is 43.0 Å². The average molecular weight is 353 g/mol. The lowest BCUT2D eigenvalue weighted by atomic mass is 9.75. The van der Waals surface area contributed by atoms with Crippen molar-refractivity contribution in [3.8, 4) is 0 Å². The summed E-state index contributed by atoms with van der Waals surface area (Å²) in [7, 11) is 1.86. The highest BCUT2D eigenvalue weighted by molar-refractivity contribution is 5.77. The normalized spacial score (nSPS) is 20.7. The first kappa shape index (κ1) is 16.8. The number of hydrogen-bond acceptors (Lipinski definition) is 4. The topological polar surface area (TPSA) is 85.0 Å². The lowest BCUT2D eigenvalue weighted by Crippen LogP contribution is -2.41. The molecular weight excluding hydrogens is 330 g/mol. The molecule has 3 aromatic rings. The van der Waals surface area contributed by atoms with Gasteiger partial charge in [0.25, 0.3) is 0 Å². The van der Waals surface area contributed by atoms with Crippen LogP contribution in [0.25, 0.3) is 11.0 Å². The molecule has 0 saturated heterocycles. The van der Waals surface area contributed by atoms with E-state index in [1.807, 2.05) is 42.1 Å². The molecule has 7 nitrogen and oxygen atoms in total. The summed E-state index contributed by atoms with van der Waals surface area (Å²) in [5.74, 6) is 0.255. The van der Waals surface area contributed by atoms with Crippen LogP contribution in [0.2, 0.25) is 0 Å². The number of aliphatic hydroxyl groups excluding tert-OH is 1. The number of fused-ring (bicyclic) bond motifs is 1. The van der Waals surface area contributed by atoms with Gasteiger partial charge in [-0.1, -0.05) is 12.1 Å². The van der Waals surface area contributed by atoms with Crippen molar-refractivity contribution in [3.05, 3.63) is 48.5 Å². The van der Waals surface area contributed by atoms with Crippen molar-refractivity contribution in [3.63, 3.8) is 0 Å². The van der Waals surface area contributed by atoms with Crippen molar-refractivity contribution in [1.82, 2.24) is 24.6 Å². The fourth-order valence-corrected chi connectivity index (χ4v) is 3.63. The summed E-state index contributed by atoms with van der Waals surface area (Å²) in [6.07, 6.45) is 7.05. The largest absolute Gasteiger partial charge is 0.393 e. The van der Waals surface area contributed by atoms with Crippen LogP contribution in [0.3, 0.4) is 0 Å². The summed E-state index contributed by atoms with van der Waals surface area (Å²) in [6.45, 7) is 0.583. The van der Waals surface area contributed by atoms with Crippen molar-refractivity contribution >= 4 is 16.9 Å². The standard InChI is InChI=1S/C19H23N5O2/c1-23-11-14(10-21-23)19(13-8-15(25)9-13)22-18(26)6-7-24-12-20-16-4-2-3-5-17(16)24/h2-5,10-13,15,19,25H,6-9H2,1H3,(H,22,26)/t13?,15?,19-/m0/s1. The van der Waals surface area contributed by atoms with Crippen LogP contribution >= 0.6 is 0 Å². The van der Waals surface area contributed by atoms with Crippen molar-refractivity contribution in [2.45, 2.75) is 38.0 Å². The third-order valence-electron chi connectivity index (χ3n) is 5.13. The van der Waals surface area contributed by atoms with Crippen molar-refractivity contribution in [2.24, 2.45) is 13.0 Å². The molecule has 136 valence electrons. The van der Waals surface area contributed by atoms with Gasteiger partial charge < -0.3 is 15.0 Å². The van der Waals surface area contributed by atoms with Crippen molar-refractivity contribution in [1.29, 1.82) is 0 Å². The minimum atomic E-state index is -0.256. The number of carbonyl (C=O) groups is 1. The molecule has 2 heterocycles. The van der Waals surface area contributed by atoms with E-state index in [1.165, 1.54) is 0 Å². The number of hydrogen-bond donors (Lipinski definition) is 2. The van der Waals surface area contributed by atoms with E-state index in [9.17, 15) is 9.90 Å². The minimum Gasteiger partial charge on any atom is -0.393 e. The number of para-hydroxylation sites is 2. The molecule has 1 aromatic carbocycles. The van der Waals surface area contributed by atoms with Crippen LogP contribution in [0, 0.1) is 5.92 Å². The van der Waals surface area contributed by atoms with Gasteiger partial charge in [-0.05, 0) is 30.9 Å². The summed E-state index contributed by atoms with van der Waals surface area (Å²) in [4.78, 5) is 16.9. The first-order valence-corrected chi connectivity index (χ1v) is 8.96. The van der Waals surface area contributed by atoms with Crippen molar-refractivity contribution in [2.75, 3.05) is 0 Å². The second kappa shape index (κ2) is 6.92. The predicted octanol–water partition coefficient (Wildman–Crippen LogP) is 1.79. The van der Waals surface area contributed by atoms with Crippen LogP contribution in [-0.2, 0) is 18.4 Å². The van der Waals surface area contributed by atoms with Crippen LogP contribution < -0.4 is 5.32 Å². The number of rotatable bonds is 6. The number of amides is 1. The number of nitrogens with zero attached hydrogens (tertiary/aromatic N) is 4. The third kappa shape index (κ3) is 3.35. The van der Waals surface area contributed by atoms with Crippen LogP contribution in [0.5, 0.6) is 0 Å². The maximum absolute atomic E-state index is 12.6. The summed E-state index contributed by atoms with van der Waals surface area (Å²) in [6, 6.07) is 7.80. The fourth-order valence-electron chi connectivity index (χ4n) is 3.63. The van der Waals surface area contributed by atoms with Gasteiger partial charge in [0.15, 0.2) is 0 Å². The molecule has 1 aliphatic rings. The Bertz CT molecular complexity index is 909. The monoisotopic (exact) mass is 353 g/mol. The van der Waals surface area contributed by atoms with E-state index in [-0.39, 0.29) is 24.0 Å². The van der Waals surface area contributed by atoms with Gasteiger partial charge in [0.1, 0.15) is 0 Å². The maximum atomic E-state index is 12.6. The van der Waals surface area contributed by atoms with E-state index < -0.39 is 0 Å². The van der Waals surface area contributed by atoms with E-state index in [4.69, 9.17) is 0 Å². The number of imidazole rings is 1. The van der Waals surface area contributed by atoms with Gasteiger partial charge in [0.05, 0.1) is 35.7 Å². The molecular formula is C19H23N5O2. The number of aromatic nitrogens is 4. The lowest BCUT2D eigenvalue weighted by molar-refractivity contribution is -0.123. The highest BCUT2D eigenvalue weighted by atomic mass is 16.3. The highest BCUT2D eigenvalue weighted by Crippen LogP contribution is 2.38. The zero-order valence-electron chi connectivity index (χ0n) is 14.7. The summed E-state index contributed by atoms with van der Waals surface area (Å²) in [5.41, 5.74) is 2.96. The van der Waals surface area contributed by atoms with Gasteiger partial charge in [-0.25, -0.2) is 4.98 Å². The Morgan fingerprint density at radius 3 is 2.92 bits per heavy atom. The zero-order chi connectivity index (χ0) is 18.1. The molecule has 1 aliphatic carbocycles. The Morgan fingerprint density at radius 2 is 2.19 bits per heavy atom. The van der Waals surface area contributed by atoms with Gasteiger partial charge in [0, 0.05) is 31.8 Å². The first-order chi connectivity index (χ1) is 12.6. The van der Waals surface area contributed by atoms with Gasteiger partial charge in [-0.2, -0.15) is 5.10 Å². The average Bonchev–Trinajstić information content (AvgIpc) is 3.22. The molecule has 0 bridgehead atoms. The van der Waals surface area contributed by atoms with E-state index in [0.29, 0.717) is 25.8 Å². The molecule has 0 unspecified atom stereocenters. The number of aliphatic hydroxyl groups is 1. The Kier molecular flexibility index (Phi) is 4.46. The molecule has 1 atom stereocenters. The summed E-state index contributed by atoms with van der Waals surface area (Å²) in [5, 5.41) is 17.0. The molecule has 0 aliphatic heterocycles. The molecule has 1 amide bonds. The summed E-state index contributed by atoms with van der Waals surface area (Å²) >= 11 is 0. The van der Waals surface area contributed by atoms with E-state index in [1.54, 1.807) is 17.2 Å². The maximum Gasteiger partial charge on any atom is 0.222 e. The van der Waals surface area contributed by atoms with Gasteiger partial charge >= 0.3 is 0 Å². The number of aryl methyl sites for hydroxylation is 2. The molecule has 4 rings (SSSR count). The molecule has 26 heavy (non-hydrogen) atoms. The summed E-state index contributed by atoms with van der Waals surface area (Å²) < 4.78 is 3.74. The molecule has 7 heteroatoms. The highest BCUT2D eigenvalue weighted by Gasteiger charge is 2.36. The second-order valence-electron chi connectivity index (χ2n) is 7.05. The van der Waals surface area contributed by atoms with Crippen LogP contribution in [-0.4, -0.2) is 36.4 Å². The molecule has 2 N–H and O–H groups in total. The number of carbonyl (C=O) groups excluding carboxylic acids is 1. The van der Waals surface area contributed by atoms with Crippen LogP contribution in [0.4, 0.5) is 0 Å². The van der Waals surface area contributed by atoms with Gasteiger partial charge in [0.2, 0.25) is 5.91 Å². The first-order valence-electron chi connectivity index (χ1n) is 8.96. The van der Waals surface area contributed by atoms with E-state index in [0.717, 1.165) is 16.6 Å². The lowest BCUT2D eigenvalue weighted by Gasteiger charge is -2.37. The zero-order valence-corrected chi connectivity index (χ0v) is 14.7. The van der Waals surface area contributed by atoms with Gasteiger partial charge in [-0.15, -0.1) is 0 Å².